The van der Waals surface area contributed by atoms with Crippen LogP contribution in [0.15, 0.2) is 27.4 Å². The number of nitriles is 1. The Labute approximate surface area is 85.0 Å². The van der Waals surface area contributed by atoms with E-state index in [1.165, 1.54) is 12.1 Å². The van der Waals surface area contributed by atoms with Gasteiger partial charge in [-0.1, -0.05) is 0 Å². The zero-order valence-corrected chi connectivity index (χ0v) is 7.94. The highest BCUT2D eigenvalue weighted by molar-refractivity contribution is 5.82. The Morgan fingerprint density at radius 1 is 1.47 bits per heavy atom. The second kappa shape index (κ2) is 3.14. The van der Waals surface area contributed by atoms with Gasteiger partial charge in [-0.3, -0.25) is 0 Å². The van der Waals surface area contributed by atoms with Crippen LogP contribution in [-0.4, -0.2) is 5.11 Å². The molecule has 0 atom stereocenters. The van der Waals surface area contributed by atoms with E-state index in [0.717, 1.165) is 0 Å². The molecule has 0 aliphatic heterocycles. The molecule has 0 spiro atoms. The largest absolute Gasteiger partial charge is 0.508 e. The molecule has 0 radical (unpaired) electrons. The highest BCUT2D eigenvalue weighted by Crippen LogP contribution is 2.22. The number of nitrogens with zero attached hydrogens (tertiary/aromatic N) is 1. The molecule has 1 N–H and O–H groups in total. The van der Waals surface area contributed by atoms with Crippen molar-refractivity contribution in [2.24, 2.45) is 0 Å². The minimum atomic E-state index is -0.673. The molecule has 0 saturated carbocycles. The number of aryl methyl sites for hydroxylation is 1. The van der Waals surface area contributed by atoms with E-state index in [4.69, 9.17) is 9.68 Å². The molecule has 4 heteroatoms. The van der Waals surface area contributed by atoms with Gasteiger partial charge in [-0.25, -0.2) is 4.79 Å². The fourth-order valence-electron chi connectivity index (χ4n) is 1.47. The molecule has 0 saturated heterocycles. The van der Waals surface area contributed by atoms with Gasteiger partial charge in [0.2, 0.25) is 0 Å². The summed E-state index contributed by atoms with van der Waals surface area (Å²) in [4.78, 5) is 11.3. The van der Waals surface area contributed by atoms with Crippen LogP contribution in [0.3, 0.4) is 0 Å². The Morgan fingerprint density at radius 3 is 2.87 bits per heavy atom. The van der Waals surface area contributed by atoms with E-state index in [9.17, 15) is 9.90 Å². The van der Waals surface area contributed by atoms with Crippen molar-refractivity contribution in [3.63, 3.8) is 0 Å². The first-order valence-corrected chi connectivity index (χ1v) is 4.30. The molecule has 4 nitrogen and oxygen atoms in total. The van der Waals surface area contributed by atoms with Gasteiger partial charge in [0.15, 0.2) is 0 Å². The van der Waals surface area contributed by atoms with Gasteiger partial charge in [0, 0.05) is 11.5 Å². The highest BCUT2D eigenvalue weighted by atomic mass is 16.4. The van der Waals surface area contributed by atoms with Gasteiger partial charge in [0.25, 0.3) is 0 Å². The Bertz CT molecular complexity index is 635. The maximum atomic E-state index is 11.3. The molecule has 0 fully saturated rings. The number of rotatable bonds is 0. The van der Waals surface area contributed by atoms with Gasteiger partial charge in [-0.2, -0.15) is 5.26 Å². The molecule has 0 aliphatic rings. The summed E-state index contributed by atoms with van der Waals surface area (Å²) in [5.41, 5.74) is 0.196. The lowest BCUT2D eigenvalue weighted by Crippen LogP contribution is -2.06. The molecule has 2 aromatic rings. The van der Waals surface area contributed by atoms with Crippen LogP contribution in [0, 0.1) is 18.3 Å². The number of phenols is 1. The molecule has 0 amide bonds. The summed E-state index contributed by atoms with van der Waals surface area (Å²) < 4.78 is 4.91. The molecule has 0 unspecified atom stereocenters. The van der Waals surface area contributed by atoms with Crippen LogP contribution in [0.1, 0.15) is 11.1 Å². The van der Waals surface area contributed by atoms with Crippen LogP contribution in [0.4, 0.5) is 0 Å². The van der Waals surface area contributed by atoms with Crippen LogP contribution in [0.25, 0.3) is 11.0 Å². The molecule has 1 aromatic heterocycles. The second-order valence-electron chi connectivity index (χ2n) is 3.18. The molecule has 0 bridgehead atoms. The van der Waals surface area contributed by atoms with E-state index < -0.39 is 5.63 Å². The first-order chi connectivity index (χ1) is 7.13. The summed E-state index contributed by atoms with van der Waals surface area (Å²) in [5.74, 6) is 0.0229. The summed E-state index contributed by atoms with van der Waals surface area (Å²) >= 11 is 0. The van der Waals surface area contributed by atoms with Gasteiger partial charge in [-0.05, 0) is 24.6 Å². The van der Waals surface area contributed by atoms with Crippen molar-refractivity contribution in [1.29, 1.82) is 5.26 Å². The number of benzene rings is 1. The van der Waals surface area contributed by atoms with Gasteiger partial charge in [0.1, 0.15) is 23.0 Å². The third kappa shape index (κ3) is 1.34. The maximum Gasteiger partial charge on any atom is 0.354 e. The van der Waals surface area contributed by atoms with Crippen LogP contribution >= 0.6 is 0 Å². The number of hydrogen-bond donors (Lipinski definition) is 1. The number of fused-ring (bicyclic) bond motifs is 1. The average molecular weight is 201 g/mol. The van der Waals surface area contributed by atoms with Crippen molar-refractivity contribution in [1.82, 2.24) is 0 Å². The smallest absolute Gasteiger partial charge is 0.354 e. The average Bonchev–Trinajstić information content (AvgIpc) is 2.17. The molecule has 0 aliphatic carbocycles. The summed E-state index contributed by atoms with van der Waals surface area (Å²) in [6, 6.07) is 6.25. The molecule has 1 heterocycles. The van der Waals surface area contributed by atoms with E-state index in [0.29, 0.717) is 10.9 Å². The SMILES string of the molecule is Cc1c(C#N)c(=O)oc2cc(O)ccc12. The van der Waals surface area contributed by atoms with Crippen molar-refractivity contribution in [3.05, 3.63) is 39.7 Å². The molecule has 2 rings (SSSR count). The lowest BCUT2D eigenvalue weighted by molar-refractivity contribution is 0.473. The van der Waals surface area contributed by atoms with E-state index in [2.05, 4.69) is 0 Å². The number of aromatic hydroxyl groups is 1. The Balaban J connectivity index is 2.99. The van der Waals surface area contributed by atoms with Gasteiger partial charge >= 0.3 is 5.63 Å². The fourth-order valence-corrected chi connectivity index (χ4v) is 1.47. The van der Waals surface area contributed by atoms with Crippen LogP contribution in [0.2, 0.25) is 0 Å². The van der Waals surface area contributed by atoms with Crippen molar-refractivity contribution in [2.45, 2.75) is 6.92 Å². The fraction of sp³-hybridized carbons (Fsp3) is 0.0909. The summed E-state index contributed by atoms with van der Waals surface area (Å²) in [5, 5.41) is 18.6. The summed E-state index contributed by atoms with van der Waals surface area (Å²) in [7, 11) is 0. The van der Waals surface area contributed by atoms with Crippen LogP contribution < -0.4 is 5.63 Å². The number of hydrogen-bond acceptors (Lipinski definition) is 4. The third-order valence-corrected chi connectivity index (χ3v) is 2.26. The first kappa shape index (κ1) is 9.28. The summed E-state index contributed by atoms with van der Waals surface area (Å²) in [6.07, 6.45) is 0. The third-order valence-electron chi connectivity index (χ3n) is 2.26. The maximum absolute atomic E-state index is 11.3. The van der Waals surface area contributed by atoms with E-state index in [1.807, 2.05) is 0 Å². The highest BCUT2D eigenvalue weighted by Gasteiger charge is 2.10. The lowest BCUT2D eigenvalue weighted by atomic mass is 10.1. The standard InChI is InChI=1S/C11H7NO3/c1-6-8-3-2-7(13)4-10(8)15-11(14)9(6)5-12/h2-4,13H,1H3. The number of phenolic OH excluding ortho intramolecular Hbond substituents is 1. The van der Waals surface area contributed by atoms with Gasteiger partial charge < -0.3 is 9.52 Å². The Hall–Kier alpha value is -2.28. The van der Waals surface area contributed by atoms with Crippen molar-refractivity contribution >= 4 is 11.0 Å². The van der Waals surface area contributed by atoms with Gasteiger partial charge in [-0.15, -0.1) is 0 Å². The van der Waals surface area contributed by atoms with Gasteiger partial charge in [0.05, 0.1) is 0 Å². The Kier molecular flexibility index (Phi) is 1.94. The van der Waals surface area contributed by atoms with E-state index >= 15 is 0 Å². The molecule has 1 aromatic carbocycles. The normalized spacial score (nSPS) is 10.1. The molecular weight excluding hydrogens is 194 g/mol. The predicted octanol–water partition coefficient (Wildman–Crippen LogP) is 1.68. The van der Waals surface area contributed by atoms with E-state index in [-0.39, 0.29) is 16.9 Å². The first-order valence-electron chi connectivity index (χ1n) is 4.30. The minimum Gasteiger partial charge on any atom is -0.508 e. The lowest BCUT2D eigenvalue weighted by Gasteiger charge is -2.02. The monoisotopic (exact) mass is 201 g/mol. The quantitative estimate of drug-likeness (QED) is 0.658. The zero-order chi connectivity index (χ0) is 11.0. The van der Waals surface area contributed by atoms with Crippen molar-refractivity contribution < 1.29 is 9.52 Å². The Morgan fingerprint density at radius 2 is 2.20 bits per heavy atom. The van der Waals surface area contributed by atoms with Crippen LogP contribution in [0.5, 0.6) is 5.75 Å². The molecular formula is C11H7NO3. The topological polar surface area (TPSA) is 74.2 Å². The van der Waals surface area contributed by atoms with E-state index in [1.54, 1.807) is 19.1 Å². The van der Waals surface area contributed by atoms with Crippen molar-refractivity contribution in [3.8, 4) is 11.8 Å². The van der Waals surface area contributed by atoms with Crippen LogP contribution in [-0.2, 0) is 0 Å². The second-order valence-corrected chi connectivity index (χ2v) is 3.18. The van der Waals surface area contributed by atoms with Crippen molar-refractivity contribution in [2.75, 3.05) is 0 Å². The summed E-state index contributed by atoms with van der Waals surface area (Å²) in [6.45, 7) is 1.68. The molecule has 74 valence electrons. The predicted molar refractivity (Wildman–Crippen MR) is 53.6 cm³/mol. The molecule has 15 heavy (non-hydrogen) atoms. The minimum absolute atomic E-state index is 0.00758. The zero-order valence-electron chi connectivity index (χ0n) is 7.94.